The topological polar surface area (TPSA) is 88.2 Å². The number of amides is 1. The van der Waals surface area contributed by atoms with E-state index in [9.17, 15) is 13.2 Å². The zero-order valence-corrected chi connectivity index (χ0v) is 10.3. The summed E-state index contributed by atoms with van der Waals surface area (Å²) in [5.74, 6) is -0.214. The molecule has 2 N–H and O–H groups in total. The van der Waals surface area contributed by atoms with Crippen LogP contribution in [0.1, 0.15) is 17.3 Å². The third-order valence-corrected chi connectivity index (χ3v) is 3.46. The Balaban J connectivity index is 2.31. The van der Waals surface area contributed by atoms with Gasteiger partial charge in [0, 0.05) is 31.0 Å². The molecule has 0 unspecified atom stereocenters. The van der Waals surface area contributed by atoms with Gasteiger partial charge < -0.3 is 5.32 Å². The third kappa shape index (κ3) is 4.92. The van der Waals surface area contributed by atoms with E-state index in [0.29, 0.717) is 5.56 Å². The highest BCUT2D eigenvalue weighted by molar-refractivity contribution is 7.89. The minimum absolute atomic E-state index is 0.0330. The van der Waals surface area contributed by atoms with Crippen LogP contribution in [0.2, 0.25) is 0 Å². The molecule has 1 rings (SSSR count). The molecule has 0 saturated carbocycles. The molecule has 94 valence electrons. The van der Waals surface area contributed by atoms with Crippen molar-refractivity contribution in [3.8, 4) is 0 Å². The number of rotatable bonds is 6. The van der Waals surface area contributed by atoms with Crippen LogP contribution in [-0.4, -0.2) is 38.2 Å². The Morgan fingerprint density at radius 3 is 2.53 bits per heavy atom. The first-order valence-corrected chi connectivity index (χ1v) is 6.86. The van der Waals surface area contributed by atoms with E-state index in [1.807, 2.05) is 0 Å². The van der Waals surface area contributed by atoms with E-state index in [0.717, 1.165) is 0 Å². The quantitative estimate of drug-likeness (QED) is 0.688. The lowest BCUT2D eigenvalue weighted by Crippen LogP contribution is -2.35. The highest BCUT2D eigenvalue weighted by atomic mass is 32.2. The normalized spacial score (nSPS) is 11.1. The maximum Gasteiger partial charge on any atom is 0.251 e. The Bertz CT molecular complexity index is 459. The summed E-state index contributed by atoms with van der Waals surface area (Å²) in [6.45, 7) is 1.99. The lowest BCUT2D eigenvalue weighted by Gasteiger charge is -2.06. The van der Waals surface area contributed by atoms with Gasteiger partial charge in [0.1, 0.15) is 0 Å². The number of nitrogens with zero attached hydrogens (tertiary/aromatic N) is 1. The first-order chi connectivity index (χ1) is 8.05. The Morgan fingerprint density at radius 1 is 1.29 bits per heavy atom. The zero-order chi connectivity index (χ0) is 12.7. The van der Waals surface area contributed by atoms with Crippen LogP contribution in [0.15, 0.2) is 24.5 Å². The second-order valence-electron chi connectivity index (χ2n) is 3.29. The van der Waals surface area contributed by atoms with E-state index in [1.54, 1.807) is 19.1 Å². The van der Waals surface area contributed by atoms with Gasteiger partial charge in [-0.05, 0) is 19.1 Å². The predicted octanol–water partition coefficient (Wildman–Crippen LogP) is -0.249. The van der Waals surface area contributed by atoms with Gasteiger partial charge in [-0.3, -0.25) is 9.78 Å². The van der Waals surface area contributed by atoms with Gasteiger partial charge in [0.05, 0.1) is 5.75 Å². The van der Waals surface area contributed by atoms with Crippen molar-refractivity contribution >= 4 is 15.9 Å². The van der Waals surface area contributed by atoms with Crippen molar-refractivity contribution in [2.75, 3.05) is 18.8 Å². The van der Waals surface area contributed by atoms with Crippen molar-refractivity contribution in [2.45, 2.75) is 6.92 Å². The number of carbonyl (C=O) groups is 1. The molecule has 1 amide bonds. The van der Waals surface area contributed by atoms with Crippen molar-refractivity contribution in [1.82, 2.24) is 15.0 Å². The molecule has 0 aliphatic rings. The number of hydrogen-bond acceptors (Lipinski definition) is 4. The van der Waals surface area contributed by atoms with Crippen LogP contribution < -0.4 is 10.0 Å². The van der Waals surface area contributed by atoms with E-state index >= 15 is 0 Å². The largest absolute Gasteiger partial charge is 0.351 e. The number of aromatic nitrogens is 1. The van der Waals surface area contributed by atoms with Crippen molar-refractivity contribution in [2.24, 2.45) is 0 Å². The van der Waals surface area contributed by atoms with Crippen LogP contribution in [0, 0.1) is 0 Å². The number of hydrogen-bond donors (Lipinski definition) is 2. The molecule has 0 aliphatic carbocycles. The summed E-state index contributed by atoms with van der Waals surface area (Å²) in [5, 5.41) is 2.60. The predicted molar refractivity (Wildman–Crippen MR) is 64.0 cm³/mol. The van der Waals surface area contributed by atoms with Crippen molar-refractivity contribution in [1.29, 1.82) is 0 Å². The van der Waals surface area contributed by atoms with E-state index in [1.165, 1.54) is 12.4 Å². The Morgan fingerprint density at radius 2 is 1.94 bits per heavy atom. The van der Waals surface area contributed by atoms with Gasteiger partial charge in [-0.1, -0.05) is 0 Å². The minimum atomic E-state index is -3.19. The van der Waals surface area contributed by atoms with Gasteiger partial charge in [-0.25, -0.2) is 13.1 Å². The van der Waals surface area contributed by atoms with E-state index in [4.69, 9.17) is 0 Å². The van der Waals surface area contributed by atoms with Gasteiger partial charge in [0.2, 0.25) is 10.0 Å². The Hall–Kier alpha value is -1.47. The molecule has 1 aromatic heterocycles. The molecule has 0 fully saturated rings. The van der Waals surface area contributed by atoms with E-state index < -0.39 is 10.0 Å². The fourth-order valence-electron chi connectivity index (χ4n) is 1.09. The van der Waals surface area contributed by atoms with Crippen LogP contribution in [0.25, 0.3) is 0 Å². The van der Waals surface area contributed by atoms with Crippen LogP contribution in [0.5, 0.6) is 0 Å². The molecule has 17 heavy (non-hydrogen) atoms. The Kier molecular flexibility index (Phi) is 5.05. The van der Waals surface area contributed by atoms with Gasteiger partial charge >= 0.3 is 0 Å². The summed E-state index contributed by atoms with van der Waals surface area (Å²) in [5.41, 5.74) is 0.498. The minimum Gasteiger partial charge on any atom is -0.351 e. The average molecular weight is 257 g/mol. The molecule has 6 nitrogen and oxygen atoms in total. The molecule has 1 heterocycles. The molecule has 0 atom stereocenters. The van der Waals surface area contributed by atoms with Crippen LogP contribution in [0.4, 0.5) is 0 Å². The fraction of sp³-hybridized carbons (Fsp3) is 0.400. The molecule has 0 aromatic carbocycles. The molecule has 0 bridgehead atoms. The highest BCUT2D eigenvalue weighted by Gasteiger charge is 2.06. The number of carbonyl (C=O) groups excluding carboxylic acids is 1. The molecule has 0 radical (unpaired) electrons. The summed E-state index contributed by atoms with van der Waals surface area (Å²) >= 11 is 0. The van der Waals surface area contributed by atoms with Gasteiger partial charge in [0.25, 0.3) is 5.91 Å². The van der Waals surface area contributed by atoms with Gasteiger partial charge in [-0.15, -0.1) is 0 Å². The third-order valence-electron chi connectivity index (χ3n) is 2.06. The second kappa shape index (κ2) is 6.31. The highest BCUT2D eigenvalue weighted by Crippen LogP contribution is 1.94. The summed E-state index contributed by atoms with van der Waals surface area (Å²) < 4.78 is 24.5. The van der Waals surface area contributed by atoms with Crippen LogP contribution in [0.3, 0.4) is 0 Å². The molecule has 7 heteroatoms. The summed E-state index contributed by atoms with van der Waals surface area (Å²) in [6.07, 6.45) is 3.05. The zero-order valence-electron chi connectivity index (χ0n) is 9.51. The van der Waals surface area contributed by atoms with Crippen LogP contribution >= 0.6 is 0 Å². The second-order valence-corrected chi connectivity index (χ2v) is 5.39. The average Bonchev–Trinajstić information content (AvgIpc) is 2.35. The first kappa shape index (κ1) is 13.6. The van der Waals surface area contributed by atoms with E-state index in [-0.39, 0.29) is 24.7 Å². The SMILES string of the molecule is CCS(=O)(=O)NCCNC(=O)c1ccncc1. The maximum atomic E-state index is 11.5. The molecule has 0 saturated heterocycles. The van der Waals surface area contributed by atoms with Crippen molar-refractivity contribution in [3.05, 3.63) is 30.1 Å². The lowest BCUT2D eigenvalue weighted by molar-refractivity contribution is 0.0954. The molecule has 0 spiro atoms. The number of sulfonamides is 1. The summed E-state index contributed by atoms with van der Waals surface area (Å²) in [7, 11) is -3.19. The molecule has 0 aliphatic heterocycles. The monoisotopic (exact) mass is 257 g/mol. The van der Waals surface area contributed by atoms with Crippen molar-refractivity contribution in [3.63, 3.8) is 0 Å². The van der Waals surface area contributed by atoms with Gasteiger partial charge in [0.15, 0.2) is 0 Å². The summed E-state index contributed by atoms with van der Waals surface area (Å²) in [4.78, 5) is 15.3. The van der Waals surface area contributed by atoms with Crippen molar-refractivity contribution < 1.29 is 13.2 Å². The summed E-state index contributed by atoms with van der Waals surface area (Å²) in [6, 6.07) is 3.18. The fourth-order valence-corrected chi connectivity index (χ4v) is 1.71. The first-order valence-electron chi connectivity index (χ1n) is 5.20. The number of pyridine rings is 1. The molecule has 1 aromatic rings. The smallest absolute Gasteiger partial charge is 0.251 e. The standard InChI is InChI=1S/C10H15N3O3S/c1-2-17(15,16)13-8-7-12-10(14)9-3-5-11-6-4-9/h3-6,13H,2,7-8H2,1H3,(H,12,14). The van der Waals surface area contributed by atoms with E-state index in [2.05, 4.69) is 15.0 Å². The Labute approximate surface area is 100 Å². The maximum absolute atomic E-state index is 11.5. The van der Waals surface area contributed by atoms with Gasteiger partial charge in [-0.2, -0.15) is 0 Å². The lowest BCUT2D eigenvalue weighted by atomic mass is 10.2. The number of nitrogens with one attached hydrogen (secondary N) is 2. The van der Waals surface area contributed by atoms with Crippen LogP contribution in [-0.2, 0) is 10.0 Å². The molecular formula is C10H15N3O3S. The molecular weight excluding hydrogens is 242 g/mol.